The lowest BCUT2D eigenvalue weighted by atomic mass is 9.60. The fraction of sp³-hybridized carbons (Fsp3) is 1.00. The Morgan fingerprint density at radius 2 is 1.56 bits per heavy atom. The Morgan fingerprint density at radius 3 is 2.00 bits per heavy atom. The highest BCUT2D eigenvalue weighted by atomic mass is 14.5. The molecule has 162 valence electrons. The maximum Gasteiger partial charge on any atom is -0.0254 e. The molecule has 0 bridgehead atoms. The van der Waals surface area contributed by atoms with Gasteiger partial charge in [0.15, 0.2) is 0 Å². The van der Waals surface area contributed by atoms with E-state index in [1.54, 1.807) is 0 Å². The Balaban J connectivity index is 2.77. The average Bonchev–Trinajstić information content (AvgIpc) is 2.88. The Bertz CT molecular complexity index is 406. The molecule has 0 radical (unpaired) electrons. The average molecular weight is 379 g/mol. The van der Waals surface area contributed by atoms with Crippen LogP contribution in [-0.2, 0) is 0 Å². The Kier molecular flexibility index (Phi) is 9.42. The summed E-state index contributed by atoms with van der Waals surface area (Å²) in [7, 11) is 0. The van der Waals surface area contributed by atoms with E-state index in [0.717, 1.165) is 23.7 Å². The van der Waals surface area contributed by atoms with Gasteiger partial charge in [-0.3, -0.25) is 0 Å². The summed E-state index contributed by atoms with van der Waals surface area (Å²) in [4.78, 5) is 0. The molecule has 0 saturated heterocycles. The molecule has 0 heterocycles. The highest BCUT2D eigenvalue weighted by molar-refractivity contribution is 4.94. The van der Waals surface area contributed by atoms with Crippen molar-refractivity contribution in [3.05, 3.63) is 0 Å². The lowest BCUT2D eigenvalue weighted by Gasteiger charge is -2.45. The van der Waals surface area contributed by atoms with Crippen molar-refractivity contribution in [3.63, 3.8) is 0 Å². The first-order valence-electron chi connectivity index (χ1n) is 12.5. The Hall–Kier alpha value is 0. The Morgan fingerprint density at radius 1 is 1.00 bits per heavy atom. The molecule has 1 aliphatic carbocycles. The van der Waals surface area contributed by atoms with Crippen molar-refractivity contribution in [1.29, 1.82) is 0 Å². The maximum atomic E-state index is 2.64. The van der Waals surface area contributed by atoms with E-state index in [9.17, 15) is 0 Å². The third kappa shape index (κ3) is 5.99. The van der Waals surface area contributed by atoms with Crippen molar-refractivity contribution < 1.29 is 0 Å². The van der Waals surface area contributed by atoms with E-state index in [0.29, 0.717) is 16.2 Å². The summed E-state index contributed by atoms with van der Waals surface area (Å²) in [6, 6.07) is 0. The molecule has 0 heteroatoms. The lowest BCUT2D eigenvalue weighted by molar-refractivity contribution is 0.0510. The second kappa shape index (κ2) is 10.2. The first-order chi connectivity index (χ1) is 12.5. The molecule has 1 rings (SSSR count). The van der Waals surface area contributed by atoms with Gasteiger partial charge < -0.3 is 0 Å². The zero-order valence-electron chi connectivity index (χ0n) is 20.9. The second-order valence-corrected chi connectivity index (χ2v) is 11.8. The summed E-state index contributed by atoms with van der Waals surface area (Å²) in [6.45, 7) is 24.8. The zero-order chi connectivity index (χ0) is 20.9. The smallest absolute Gasteiger partial charge is 0.0254 e. The third-order valence-electron chi connectivity index (χ3n) is 9.38. The zero-order valence-corrected chi connectivity index (χ0v) is 20.9. The number of hydrogen-bond donors (Lipinski definition) is 0. The fourth-order valence-corrected chi connectivity index (χ4v) is 6.75. The van der Waals surface area contributed by atoms with Crippen molar-refractivity contribution in [2.75, 3.05) is 0 Å². The van der Waals surface area contributed by atoms with Gasteiger partial charge in [0.05, 0.1) is 0 Å². The summed E-state index contributed by atoms with van der Waals surface area (Å²) >= 11 is 0. The van der Waals surface area contributed by atoms with Gasteiger partial charge >= 0.3 is 0 Å². The summed E-state index contributed by atoms with van der Waals surface area (Å²) in [5, 5.41) is 0. The van der Waals surface area contributed by atoms with Crippen LogP contribution in [0.25, 0.3) is 0 Å². The van der Waals surface area contributed by atoms with Crippen molar-refractivity contribution in [2.24, 2.45) is 39.9 Å². The van der Waals surface area contributed by atoms with E-state index in [-0.39, 0.29) is 0 Å². The third-order valence-corrected chi connectivity index (χ3v) is 9.38. The number of rotatable bonds is 11. The first kappa shape index (κ1) is 25.0. The molecule has 1 fully saturated rings. The predicted molar refractivity (Wildman–Crippen MR) is 124 cm³/mol. The fourth-order valence-electron chi connectivity index (χ4n) is 6.75. The normalized spacial score (nSPS) is 28.1. The summed E-state index contributed by atoms with van der Waals surface area (Å²) in [5.74, 6) is 3.68. The highest BCUT2D eigenvalue weighted by Gasteiger charge is 2.44. The molecule has 4 unspecified atom stereocenters. The molecule has 0 nitrogen and oxygen atoms in total. The van der Waals surface area contributed by atoms with Gasteiger partial charge in [0.1, 0.15) is 0 Å². The van der Waals surface area contributed by atoms with Gasteiger partial charge in [-0.2, -0.15) is 0 Å². The van der Waals surface area contributed by atoms with Gasteiger partial charge in [-0.05, 0) is 84.9 Å². The molecule has 4 atom stereocenters. The lowest BCUT2D eigenvalue weighted by Crippen LogP contribution is -2.35. The van der Waals surface area contributed by atoms with Crippen LogP contribution in [0.15, 0.2) is 0 Å². The van der Waals surface area contributed by atoms with E-state index < -0.39 is 0 Å². The highest BCUT2D eigenvalue weighted by Crippen LogP contribution is 2.54. The maximum absolute atomic E-state index is 2.64. The van der Waals surface area contributed by atoms with Crippen LogP contribution in [0.2, 0.25) is 0 Å². The molecule has 0 aromatic heterocycles. The molecule has 0 aliphatic heterocycles. The minimum atomic E-state index is 0.418. The summed E-state index contributed by atoms with van der Waals surface area (Å²) in [6.07, 6.45) is 14.1. The predicted octanol–water partition coefficient (Wildman–Crippen LogP) is 9.52. The number of hydrogen-bond acceptors (Lipinski definition) is 0. The van der Waals surface area contributed by atoms with Gasteiger partial charge in [-0.1, -0.05) is 88.5 Å². The van der Waals surface area contributed by atoms with Crippen molar-refractivity contribution >= 4 is 0 Å². The molecule has 0 spiro atoms. The topological polar surface area (TPSA) is 0 Å². The minimum Gasteiger partial charge on any atom is -0.0651 e. The molecule has 0 aromatic carbocycles. The molecule has 0 aromatic rings. The van der Waals surface area contributed by atoms with Gasteiger partial charge in [-0.25, -0.2) is 0 Å². The van der Waals surface area contributed by atoms with Gasteiger partial charge in [0.2, 0.25) is 0 Å². The van der Waals surface area contributed by atoms with E-state index in [1.807, 2.05) is 0 Å². The van der Waals surface area contributed by atoms with Crippen LogP contribution >= 0.6 is 0 Å². The van der Waals surface area contributed by atoms with Crippen LogP contribution in [0.1, 0.15) is 133 Å². The Labute approximate surface area is 173 Å². The molecule has 27 heavy (non-hydrogen) atoms. The second-order valence-electron chi connectivity index (χ2n) is 11.8. The largest absolute Gasteiger partial charge is 0.0651 e. The van der Waals surface area contributed by atoms with Crippen molar-refractivity contribution in [1.82, 2.24) is 0 Å². The van der Waals surface area contributed by atoms with E-state index in [2.05, 4.69) is 69.2 Å². The van der Waals surface area contributed by atoms with Crippen LogP contribution < -0.4 is 0 Å². The van der Waals surface area contributed by atoms with Crippen LogP contribution in [0.5, 0.6) is 0 Å². The van der Waals surface area contributed by atoms with E-state index >= 15 is 0 Å². The molecule has 0 N–H and O–H groups in total. The molecule has 0 amide bonds. The van der Waals surface area contributed by atoms with E-state index in [4.69, 9.17) is 0 Å². The van der Waals surface area contributed by atoms with Crippen molar-refractivity contribution in [2.45, 2.75) is 133 Å². The monoisotopic (exact) mass is 378 g/mol. The SMILES string of the molecule is CCC(CC)CC1(C)CCC(C)C1CC(C)CCC(CC)(CC)C(C)(C)C. The van der Waals surface area contributed by atoms with E-state index in [1.165, 1.54) is 64.2 Å². The molecule has 1 saturated carbocycles. The standard InChI is InChI=1S/C27H54/c1-11-23(12-2)20-26(10)17-16-22(6)24(26)19-21(5)15-18-27(13-3,14-4)25(7,8)9/h21-24H,11-20H2,1-10H3. The van der Waals surface area contributed by atoms with Gasteiger partial charge in [0.25, 0.3) is 0 Å². The first-order valence-corrected chi connectivity index (χ1v) is 12.5. The molecule has 1 aliphatic rings. The van der Waals surface area contributed by atoms with Crippen molar-refractivity contribution in [3.8, 4) is 0 Å². The van der Waals surface area contributed by atoms with Crippen LogP contribution in [0.4, 0.5) is 0 Å². The van der Waals surface area contributed by atoms with Crippen LogP contribution in [-0.4, -0.2) is 0 Å². The molecular formula is C27H54. The van der Waals surface area contributed by atoms with Crippen LogP contribution in [0, 0.1) is 39.9 Å². The summed E-state index contributed by atoms with van der Waals surface area (Å²) in [5.41, 5.74) is 1.53. The quantitative estimate of drug-likeness (QED) is 0.335. The molecular weight excluding hydrogens is 324 g/mol. The summed E-state index contributed by atoms with van der Waals surface area (Å²) < 4.78 is 0. The van der Waals surface area contributed by atoms with Gasteiger partial charge in [-0.15, -0.1) is 0 Å². The van der Waals surface area contributed by atoms with Crippen LogP contribution in [0.3, 0.4) is 0 Å². The van der Waals surface area contributed by atoms with Gasteiger partial charge in [0, 0.05) is 0 Å². The minimum absolute atomic E-state index is 0.418.